The van der Waals surface area contributed by atoms with E-state index in [1.165, 1.54) is 45.4 Å². The van der Waals surface area contributed by atoms with Gasteiger partial charge in [0.05, 0.1) is 12.6 Å². The van der Waals surface area contributed by atoms with Crippen molar-refractivity contribution in [2.45, 2.75) is 121 Å². The second-order valence-corrected chi connectivity index (χ2v) is 9.71. The van der Waals surface area contributed by atoms with E-state index in [-0.39, 0.29) is 6.42 Å². The molecule has 0 saturated carbocycles. The first-order valence-electron chi connectivity index (χ1n) is 13.7. The first-order valence-corrected chi connectivity index (χ1v) is 13.7. The molecule has 5 atom stereocenters. The summed E-state index contributed by atoms with van der Waals surface area (Å²) in [5.74, 6) is 1.75. The number of carboxylic acids is 1. The lowest BCUT2D eigenvalue weighted by molar-refractivity contribution is -0.174. The van der Waals surface area contributed by atoms with Gasteiger partial charge >= 0.3 is 18.0 Å². The zero-order chi connectivity index (χ0) is 29.2. The highest BCUT2D eigenvalue weighted by atomic mass is 16.6. The molecule has 0 spiro atoms. The molecule has 13 heteroatoms. The molecule has 13 nitrogen and oxygen atoms in total. The molecular formula is C26H46N4O9. The average molecular weight is 559 g/mol. The third kappa shape index (κ3) is 13.1. The van der Waals surface area contributed by atoms with Crippen LogP contribution in [0.5, 0.6) is 0 Å². The van der Waals surface area contributed by atoms with E-state index in [1.54, 1.807) is 0 Å². The van der Waals surface area contributed by atoms with Crippen LogP contribution in [0, 0.1) is 0 Å². The van der Waals surface area contributed by atoms with Gasteiger partial charge in [-0.25, -0.2) is 9.79 Å². The first-order chi connectivity index (χ1) is 18.6. The Kier molecular flexibility index (Phi) is 16.8. The van der Waals surface area contributed by atoms with Gasteiger partial charge in [0.2, 0.25) is 11.7 Å². The minimum absolute atomic E-state index is 0.0559. The van der Waals surface area contributed by atoms with Gasteiger partial charge in [0.15, 0.2) is 12.2 Å². The Morgan fingerprint density at radius 1 is 1.08 bits per heavy atom. The van der Waals surface area contributed by atoms with Gasteiger partial charge in [-0.3, -0.25) is 9.59 Å². The van der Waals surface area contributed by atoms with E-state index in [2.05, 4.69) is 22.1 Å². The molecule has 1 rings (SSSR count). The molecule has 1 aliphatic heterocycles. The smallest absolute Gasteiger partial charge is 0.370 e. The third-order valence-electron chi connectivity index (χ3n) is 6.43. The predicted octanol–water partition coefficient (Wildman–Crippen LogP) is 1.40. The lowest BCUT2D eigenvalue weighted by Gasteiger charge is -2.39. The summed E-state index contributed by atoms with van der Waals surface area (Å²) in [5, 5.41) is 32.2. The number of aliphatic carboxylic acids is 1. The fourth-order valence-corrected chi connectivity index (χ4v) is 4.42. The Balaban J connectivity index is 2.81. The summed E-state index contributed by atoms with van der Waals surface area (Å²) in [5.41, 5.74) is 5.54. The Morgan fingerprint density at radius 3 is 2.13 bits per heavy atom. The second kappa shape index (κ2) is 19.2. The maximum absolute atomic E-state index is 12.7. The number of carbonyl (C=O) groups is 3. The molecule has 0 fully saturated rings. The van der Waals surface area contributed by atoms with Crippen molar-refractivity contribution in [2.24, 2.45) is 16.6 Å². The second-order valence-electron chi connectivity index (χ2n) is 9.71. The van der Waals surface area contributed by atoms with Crippen LogP contribution in [0.25, 0.3) is 0 Å². The SMILES string of the molecule is CCCCCCCCCCCCCC(=O)OC(C(O)CO)[C@@H]1OC(C(=O)O)=CC(N=C(N)ON)C1NC(C)=O. The van der Waals surface area contributed by atoms with Gasteiger partial charge in [-0.1, -0.05) is 71.1 Å². The highest BCUT2D eigenvalue weighted by Gasteiger charge is 2.46. The molecule has 0 bridgehead atoms. The standard InChI is InChI=1S/C26H46N4O9/c1-3-4-5-6-7-8-9-10-11-12-13-14-21(34)38-23(19(33)16-31)24-22(29-17(2)32)18(30-26(27)39-28)15-20(37-24)25(35)36/h15,18-19,22-24,31,33H,3-14,16,28H2,1-2H3,(H2,27,30)(H,29,32)(H,35,36)/t18?,19?,22?,23?,24-/m1/s1. The number of esters is 1. The molecule has 4 unspecified atom stereocenters. The van der Waals surface area contributed by atoms with Crippen molar-refractivity contribution in [3.05, 3.63) is 11.8 Å². The number of carboxylic acid groups (broad SMARTS) is 1. The third-order valence-corrected chi connectivity index (χ3v) is 6.43. The molecule has 39 heavy (non-hydrogen) atoms. The number of aliphatic hydroxyl groups is 2. The fourth-order valence-electron chi connectivity index (χ4n) is 4.42. The van der Waals surface area contributed by atoms with Crippen molar-refractivity contribution in [1.29, 1.82) is 0 Å². The van der Waals surface area contributed by atoms with Gasteiger partial charge in [-0.2, -0.15) is 5.90 Å². The van der Waals surface area contributed by atoms with Gasteiger partial charge in [-0.05, 0) is 12.5 Å². The van der Waals surface area contributed by atoms with E-state index in [0.717, 1.165) is 31.8 Å². The number of ether oxygens (including phenoxy) is 2. The van der Waals surface area contributed by atoms with Gasteiger partial charge < -0.3 is 40.7 Å². The Labute approximate surface area is 229 Å². The average Bonchev–Trinajstić information content (AvgIpc) is 2.90. The molecule has 1 amide bonds. The van der Waals surface area contributed by atoms with Crippen molar-refractivity contribution in [3.8, 4) is 0 Å². The van der Waals surface area contributed by atoms with E-state index < -0.39 is 66.6 Å². The Bertz CT molecular complexity index is 821. The Morgan fingerprint density at radius 2 is 1.64 bits per heavy atom. The number of unbranched alkanes of at least 4 members (excludes halogenated alkanes) is 10. The molecule has 0 radical (unpaired) electrons. The molecule has 224 valence electrons. The van der Waals surface area contributed by atoms with Crippen molar-refractivity contribution >= 4 is 23.9 Å². The quantitative estimate of drug-likeness (QED) is 0.0438. The normalized spacial score (nSPS) is 20.8. The summed E-state index contributed by atoms with van der Waals surface area (Å²) < 4.78 is 11.0. The molecule has 0 aromatic heterocycles. The zero-order valence-corrected chi connectivity index (χ0v) is 23.0. The minimum Gasteiger partial charge on any atom is -0.477 e. The number of nitrogens with one attached hydrogen (secondary N) is 1. The van der Waals surface area contributed by atoms with Crippen LogP contribution in [-0.2, 0) is 28.7 Å². The number of amidine groups is 1. The maximum atomic E-state index is 12.7. The van der Waals surface area contributed by atoms with Crippen LogP contribution >= 0.6 is 0 Å². The van der Waals surface area contributed by atoms with E-state index in [1.807, 2.05) is 0 Å². The fraction of sp³-hybridized carbons (Fsp3) is 0.769. The number of hydrogen-bond donors (Lipinski definition) is 6. The van der Waals surface area contributed by atoms with Crippen molar-refractivity contribution < 1.29 is 44.0 Å². The van der Waals surface area contributed by atoms with Crippen LogP contribution < -0.4 is 16.9 Å². The number of aliphatic hydroxyl groups excluding tert-OH is 2. The van der Waals surface area contributed by atoms with E-state index in [9.17, 15) is 29.7 Å². The van der Waals surface area contributed by atoms with Gasteiger partial charge in [0.1, 0.15) is 12.1 Å². The molecule has 8 N–H and O–H groups in total. The highest BCUT2D eigenvalue weighted by Crippen LogP contribution is 2.27. The summed E-state index contributed by atoms with van der Waals surface area (Å²) in [4.78, 5) is 44.6. The molecule has 0 aliphatic carbocycles. The number of hydrogen-bond acceptors (Lipinski definition) is 10. The van der Waals surface area contributed by atoms with Crippen LogP contribution in [0.3, 0.4) is 0 Å². The van der Waals surface area contributed by atoms with Crippen LogP contribution in [-0.4, -0.2) is 76.2 Å². The zero-order valence-electron chi connectivity index (χ0n) is 23.0. The summed E-state index contributed by atoms with van der Waals surface area (Å²) in [6, 6.07) is -2.83. The number of nitrogens with zero attached hydrogens (tertiary/aromatic N) is 1. The molecule has 0 aromatic rings. The highest BCUT2D eigenvalue weighted by molar-refractivity contribution is 5.85. The number of nitrogens with two attached hydrogens (primary N) is 2. The maximum Gasteiger partial charge on any atom is 0.370 e. The largest absolute Gasteiger partial charge is 0.477 e. The van der Waals surface area contributed by atoms with Crippen molar-refractivity contribution in [3.63, 3.8) is 0 Å². The molecule has 1 aliphatic rings. The van der Waals surface area contributed by atoms with E-state index in [0.29, 0.717) is 6.42 Å². The van der Waals surface area contributed by atoms with Crippen molar-refractivity contribution in [1.82, 2.24) is 5.32 Å². The molecule has 0 saturated heterocycles. The number of rotatable bonds is 19. The Hall–Kier alpha value is -2.90. The van der Waals surface area contributed by atoms with Crippen LogP contribution in [0.15, 0.2) is 16.8 Å². The van der Waals surface area contributed by atoms with E-state index in [4.69, 9.17) is 21.1 Å². The first kappa shape index (κ1) is 34.1. The van der Waals surface area contributed by atoms with Gasteiger partial charge in [0, 0.05) is 13.3 Å². The predicted molar refractivity (Wildman–Crippen MR) is 143 cm³/mol. The summed E-state index contributed by atoms with van der Waals surface area (Å²) in [7, 11) is 0. The summed E-state index contributed by atoms with van der Waals surface area (Å²) >= 11 is 0. The molecule has 0 aromatic carbocycles. The lowest BCUT2D eigenvalue weighted by Crippen LogP contribution is -2.60. The molecule has 1 heterocycles. The number of carbonyl (C=O) groups excluding carboxylic acids is 2. The lowest BCUT2D eigenvalue weighted by atomic mass is 9.92. The minimum atomic E-state index is -1.64. The number of aliphatic imine (C=N–C) groups is 1. The monoisotopic (exact) mass is 558 g/mol. The van der Waals surface area contributed by atoms with Crippen LogP contribution in [0.1, 0.15) is 90.9 Å². The number of amides is 1. The van der Waals surface area contributed by atoms with Crippen LogP contribution in [0.4, 0.5) is 0 Å². The van der Waals surface area contributed by atoms with Gasteiger partial charge in [-0.15, -0.1) is 0 Å². The topological polar surface area (TPSA) is 216 Å². The van der Waals surface area contributed by atoms with Crippen molar-refractivity contribution in [2.75, 3.05) is 6.61 Å². The van der Waals surface area contributed by atoms with E-state index >= 15 is 0 Å². The molecular weight excluding hydrogens is 512 g/mol. The van der Waals surface area contributed by atoms with Crippen LogP contribution in [0.2, 0.25) is 0 Å². The van der Waals surface area contributed by atoms with Gasteiger partial charge in [0.25, 0.3) is 0 Å². The summed E-state index contributed by atoms with van der Waals surface area (Å²) in [6.45, 7) is 2.58. The summed E-state index contributed by atoms with van der Waals surface area (Å²) in [6.07, 6.45) is 8.69.